The summed E-state index contributed by atoms with van der Waals surface area (Å²) in [6.07, 6.45) is 0. The van der Waals surface area contributed by atoms with Crippen molar-refractivity contribution in [2.45, 2.75) is 13.5 Å². The first kappa shape index (κ1) is 14.4. The minimum atomic E-state index is -0.453. The number of ether oxygens (including phenoxy) is 1. The lowest BCUT2D eigenvalue weighted by Gasteiger charge is -2.11. The molecule has 0 fully saturated rings. The fourth-order valence-corrected chi connectivity index (χ4v) is 2.03. The Morgan fingerprint density at radius 2 is 1.86 bits per heavy atom. The summed E-state index contributed by atoms with van der Waals surface area (Å²) >= 11 is 0. The van der Waals surface area contributed by atoms with E-state index in [1.165, 1.54) is 10.6 Å². The zero-order valence-electron chi connectivity index (χ0n) is 11.5. The molecule has 0 saturated heterocycles. The summed E-state index contributed by atoms with van der Waals surface area (Å²) in [5, 5.41) is 17.8. The van der Waals surface area contributed by atoms with Gasteiger partial charge in [-0.05, 0) is 48.9 Å². The molecule has 5 nitrogen and oxygen atoms in total. The molecule has 0 bridgehead atoms. The first-order valence-corrected chi connectivity index (χ1v) is 6.45. The van der Waals surface area contributed by atoms with Crippen LogP contribution in [0.25, 0.3) is 11.3 Å². The van der Waals surface area contributed by atoms with Gasteiger partial charge in [0.25, 0.3) is 5.56 Å². The number of rotatable bonds is 4. The summed E-state index contributed by atoms with van der Waals surface area (Å²) in [5.74, 6) is 0.740. The molecule has 1 aromatic heterocycles. The highest BCUT2D eigenvalue weighted by atomic mass is 16.5. The molecule has 104 valence electrons. The molecule has 0 N–H and O–H groups in total. The van der Waals surface area contributed by atoms with Crippen molar-refractivity contribution in [1.29, 1.82) is 10.5 Å². The van der Waals surface area contributed by atoms with Crippen LogP contribution in [-0.4, -0.2) is 11.2 Å². The lowest BCUT2D eigenvalue weighted by Crippen LogP contribution is -2.23. The third-order valence-corrected chi connectivity index (χ3v) is 2.98. The van der Waals surface area contributed by atoms with Gasteiger partial charge in [0.15, 0.2) is 0 Å². The normalized spacial score (nSPS) is 9.67. The summed E-state index contributed by atoms with van der Waals surface area (Å²) in [7, 11) is 0. The summed E-state index contributed by atoms with van der Waals surface area (Å²) in [6, 6.07) is 14.2. The summed E-state index contributed by atoms with van der Waals surface area (Å²) < 4.78 is 6.67. The highest BCUT2D eigenvalue weighted by Crippen LogP contribution is 2.22. The molecule has 0 spiro atoms. The number of nitriles is 2. The van der Waals surface area contributed by atoms with Crippen molar-refractivity contribution in [3.05, 3.63) is 52.3 Å². The molecule has 2 aromatic rings. The Balaban J connectivity index is 2.53. The highest BCUT2D eigenvalue weighted by molar-refractivity contribution is 5.61. The van der Waals surface area contributed by atoms with E-state index >= 15 is 0 Å². The molecule has 0 amide bonds. The maximum Gasteiger partial charge on any atom is 0.269 e. The number of aromatic nitrogens is 1. The van der Waals surface area contributed by atoms with E-state index in [-0.39, 0.29) is 12.1 Å². The van der Waals surface area contributed by atoms with Gasteiger partial charge in [-0.25, -0.2) is 0 Å². The summed E-state index contributed by atoms with van der Waals surface area (Å²) in [5.41, 5.74) is 0.962. The Hall–Kier alpha value is -3.05. The number of nitrogens with zero attached hydrogens (tertiary/aromatic N) is 3. The quantitative estimate of drug-likeness (QED) is 0.860. The van der Waals surface area contributed by atoms with Crippen LogP contribution in [0.5, 0.6) is 5.75 Å². The van der Waals surface area contributed by atoms with Gasteiger partial charge in [-0.3, -0.25) is 9.36 Å². The fourth-order valence-electron chi connectivity index (χ4n) is 2.03. The Bertz CT molecular complexity index is 777. The SMILES string of the molecule is CCOc1ccc(-c2ccc(C#N)c(=O)n2CC#N)cc1. The average Bonchev–Trinajstić information content (AvgIpc) is 2.51. The van der Waals surface area contributed by atoms with Crippen LogP contribution >= 0.6 is 0 Å². The van der Waals surface area contributed by atoms with E-state index in [0.717, 1.165) is 11.3 Å². The van der Waals surface area contributed by atoms with Crippen LogP contribution < -0.4 is 10.3 Å². The van der Waals surface area contributed by atoms with E-state index in [1.54, 1.807) is 18.2 Å². The monoisotopic (exact) mass is 279 g/mol. The third kappa shape index (κ3) is 2.93. The van der Waals surface area contributed by atoms with E-state index in [4.69, 9.17) is 15.3 Å². The molecular formula is C16H13N3O2. The van der Waals surface area contributed by atoms with Crippen molar-refractivity contribution < 1.29 is 4.74 Å². The van der Waals surface area contributed by atoms with E-state index in [2.05, 4.69) is 0 Å². The van der Waals surface area contributed by atoms with Gasteiger partial charge in [0.1, 0.15) is 23.9 Å². The molecule has 1 heterocycles. The third-order valence-electron chi connectivity index (χ3n) is 2.98. The van der Waals surface area contributed by atoms with Gasteiger partial charge in [0.05, 0.1) is 18.4 Å². The van der Waals surface area contributed by atoms with Crippen molar-refractivity contribution in [3.8, 4) is 29.1 Å². The first-order chi connectivity index (χ1) is 10.2. The van der Waals surface area contributed by atoms with Crippen molar-refractivity contribution >= 4 is 0 Å². The van der Waals surface area contributed by atoms with Crippen LogP contribution in [0.2, 0.25) is 0 Å². The van der Waals surface area contributed by atoms with Crippen LogP contribution in [0.4, 0.5) is 0 Å². The largest absolute Gasteiger partial charge is 0.494 e. The van der Waals surface area contributed by atoms with Crippen molar-refractivity contribution in [1.82, 2.24) is 4.57 Å². The second-order valence-corrected chi connectivity index (χ2v) is 4.25. The molecule has 0 atom stereocenters. The predicted octanol–water partition coefficient (Wildman–Crippen LogP) is 2.31. The van der Waals surface area contributed by atoms with Gasteiger partial charge in [0.2, 0.25) is 0 Å². The van der Waals surface area contributed by atoms with Crippen LogP contribution in [-0.2, 0) is 6.54 Å². The van der Waals surface area contributed by atoms with Crippen LogP contribution in [0.15, 0.2) is 41.2 Å². The smallest absolute Gasteiger partial charge is 0.269 e. The van der Waals surface area contributed by atoms with E-state index in [1.807, 2.05) is 31.2 Å². The van der Waals surface area contributed by atoms with Gasteiger partial charge in [-0.1, -0.05) is 0 Å². The molecule has 0 radical (unpaired) electrons. The predicted molar refractivity (Wildman–Crippen MR) is 77.6 cm³/mol. The highest BCUT2D eigenvalue weighted by Gasteiger charge is 2.10. The van der Waals surface area contributed by atoms with Crippen LogP contribution in [0.1, 0.15) is 12.5 Å². The molecule has 0 unspecified atom stereocenters. The zero-order chi connectivity index (χ0) is 15.2. The summed E-state index contributed by atoms with van der Waals surface area (Å²) in [6.45, 7) is 2.38. The van der Waals surface area contributed by atoms with Crippen LogP contribution in [0.3, 0.4) is 0 Å². The van der Waals surface area contributed by atoms with Crippen LogP contribution in [0, 0.1) is 22.7 Å². The molecular weight excluding hydrogens is 266 g/mol. The Morgan fingerprint density at radius 1 is 1.14 bits per heavy atom. The van der Waals surface area contributed by atoms with Crippen molar-refractivity contribution in [2.24, 2.45) is 0 Å². The zero-order valence-corrected chi connectivity index (χ0v) is 11.5. The standard InChI is InChI=1S/C16H13N3O2/c1-2-21-14-6-3-12(4-7-14)15-8-5-13(11-18)16(20)19(15)10-9-17/h3-8H,2,10H2,1H3. The van der Waals surface area contributed by atoms with Gasteiger partial charge in [-0.2, -0.15) is 10.5 Å². The van der Waals surface area contributed by atoms with E-state index in [9.17, 15) is 4.79 Å². The van der Waals surface area contributed by atoms with Crippen molar-refractivity contribution in [2.75, 3.05) is 6.61 Å². The molecule has 0 aliphatic rings. The Morgan fingerprint density at radius 3 is 2.43 bits per heavy atom. The minimum absolute atomic E-state index is 0.0277. The number of hydrogen-bond donors (Lipinski definition) is 0. The van der Waals surface area contributed by atoms with Gasteiger partial charge in [-0.15, -0.1) is 0 Å². The first-order valence-electron chi connectivity index (χ1n) is 6.45. The van der Waals surface area contributed by atoms with Gasteiger partial charge in [0, 0.05) is 0 Å². The summed E-state index contributed by atoms with van der Waals surface area (Å²) in [4.78, 5) is 12.1. The molecule has 5 heteroatoms. The Kier molecular flexibility index (Phi) is 4.38. The second-order valence-electron chi connectivity index (χ2n) is 4.25. The second kappa shape index (κ2) is 6.40. The molecule has 21 heavy (non-hydrogen) atoms. The molecule has 1 aromatic carbocycles. The van der Waals surface area contributed by atoms with E-state index < -0.39 is 5.56 Å². The van der Waals surface area contributed by atoms with Crippen molar-refractivity contribution in [3.63, 3.8) is 0 Å². The molecule has 0 saturated carbocycles. The van der Waals surface area contributed by atoms with Gasteiger partial charge < -0.3 is 4.74 Å². The fraction of sp³-hybridized carbons (Fsp3) is 0.188. The number of hydrogen-bond acceptors (Lipinski definition) is 4. The average molecular weight is 279 g/mol. The molecule has 0 aliphatic carbocycles. The maximum atomic E-state index is 12.1. The topological polar surface area (TPSA) is 78.8 Å². The Labute approximate surface area is 122 Å². The molecule has 2 rings (SSSR count). The lowest BCUT2D eigenvalue weighted by atomic mass is 10.1. The van der Waals surface area contributed by atoms with Gasteiger partial charge >= 0.3 is 0 Å². The minimum Gasteiger partial charge on any atom is -0.494 e. The maximum absolute atomic E-state index is 12.1. The van der Waals surface area contributed by atoms with E-state index in [0.29, 0.717) is 12.3 Å². The lowest BCUT2D eigenvalue weighted by molar-refractivity contribution is 0.340. The number of pyridine rings is 1. The number of benzene rings is 1. The molecule has 0 aliphatic heterocycles.